The lowest BCUT2D eigenvalue weighted by atomic mass is 10.2. The van der Waals surface area contributed by atoms with E-state index in [-0.39, 0.29) is 6.42 Å². The predicted molar refractivity (Wildman–Crippen MR) is 59.9 cm³/mol. The smallest absolute Gasteiger partial charge is 0.296 e. The molecule has 1 atom stereocenters. The number of rotatable bonds is 4. The molecule has 0 bridgehead atoms. The van der Waals surface area contributed by atoms with Gasteiger partial charge in [0, 0.05) is 6.07 Å². The Morgan fingerprint density at radius 1 is 1.56 bits per heavy atom. The topological polar surface area (TPSA) is 98.3 Å². The minimum Gasteiger partial charge on any atom is -0.320 e. The Morgan fingerprint density at radius 3 is 2.67 bits per heavy atom. The number of nitro benzene ring substituents is 1. The van der Waals surface area contributed by atoms with E-state index >= 15 is 0 Å². The number of carbonyl (C=O) groups is 1. The number of nitro groups is 1. The highest BCUT2D eigenvalue weighted by Crippen LogP contribution is 2.29. The lowest BCUT2D eigenvalue weighted by Gasteiger charge is -2.11. The quantitative estimate of drug-likeness (QED) is 0.633. The van der Waals surface area contributed by atoms with E-state index in [0.29, 0.717) is 6.07 Å². The first-order chi connectivity index (χ1) is 8.38. The number of nitrogens with zero attached hydrogens (tertiary/aromatic N) is 1. The van der Waals surface area contributed by atoms with E-state index in [0.717, 1.165) is 6.07 Å². The van der Waals surface area contributed by atoms with Crippen LogP contribution in [0.4, 0.5) is 20.2 Å². The van der Waals surface area contributed by atoms with E-state index in [1.54, 1.807) is 6.92 Å². The molecule has 0 aliphatic rings. The molecule has 0 unspecified atom stereocenters. The molecule has 0 aliphatic heterocycles. The third-order valence-electron chi connectivity index (χ3n) is 2.29. The molecule has 1 amide bonds. The van der Waals surface area contributed by atoms with Crippen molar-refractivity contribution in [1.29, 1.82) is 0 Å². The maximum atomic E-state index is 13.4. The maximum absolute atomic E-state index is 13.4. The van der Waals surface area contributed by atoms with Gasteiger partial charge in [0.15, 0.2) is 17.3 Å². The van der Waals surface area contributed by atoms with Gasteiger partial charge in [-0.1, -0.05) is 6.92 Å². The molecule has 0 saturated carbocycles. The Bertz CT molecular complexity index is 494. The number of hydrogen-bond acceptors (Lipinski definition) is 4. The van der Waals surface area contributed by atoms with Gasteiger partial charge in [-0.05, 0) is 12.5 Å². The van der Waals surface area contributed by atoms with E-state index in [2.05, 4.69) is 0 Å². The van der Waals surface area contributed by atoms with Crippen molar-refractivity contribution in [3.63, 3.8) is 0 Å². The van der Waals surface area contributed by atoms with Crippen molar-refractivity contribution in [3.8, 4) is 0 Å². The monoisotopic (exact) mass is 259 g/mol. The molecule has 3 N–H and O–H groups in total. The van der Waals surface area contributed by atoms with Gasteiger partial charge in [0.2, 0.25) is 5.91 Å². The average Bonchev–Trinajstić information content (AvgIpc) is 2.33. The number of anilines is 1. The van der Waals surface area contributed by atoms with Gasteiger partial charge in [0.1, 0.15) is 0 Å². The zero-order valence-electron chi connectivity index (χ0n) is 9.44. The highest BCUT2D eigenvalue weighted by atomic mass is 19.2. The van der Waals surface area contributed by atoms with Crippen molar-refractivity contribution in [2.24, 2.45) is 5.73 Å². The van der Waals surface area contributed by atoms with Crippen molar-refractivity contribution in [3.05, 3.63) is 33.9 Å². The molecule has 0 fully saturated rings. The number of nitrogens with two attached hydrogens (primary N) is 1. The van der Waals surface area contributed by atoms with Crippen LogP contribution in [0.1, 0.15) is 13.3 Å². The van der Waals surface area contributed by atoms with Crippen molar-refractivity contribution >= 4 is 17.3 Å². The van der Waals surface area contributed by atoms with Crippen LogP contribution in [-0.2, 0) is 4.79 Å². The van der Waals surface area contributed by atoms with Gasteiger partial charge in [-0.25, -0.2) is 8.78 Å². The first-order valence-corrected chi connectivity index (χ1v) is 5.07. The molecule has 1 aromatic carbocycles. The molecule has 1 aromatic rings. The predicted octanol–water partition coefficient (Wildman–Crippen LogP) is 1.55. The molecule has 1 rings (SSSR count). The van der Waals surface area contributed by atoms with E-state index in [1.165, 1.54) is 0 Å². The number of carbonyl (C=O) groups excluding carboxylic acids is 1. The van der Waals surface area contributed by atoms with Crippen LogP contribution in [0.3, 0.4) is 0 Å². The number of hydrogen-bond donors (Lipinski definition) is 2. The van der Waals surface area contributed by atoms with Crippen LogP contribution in [0, 0.1) is 21.7 Å². The molecule has 0 heterocycles. The van der Waals surface area contributed by atoms with Gasteiger partial charge < -0.3 is 11.1 Å². The van der Waals surface area contributed by atoms with Crippen LogP contribution in [0.2, 0.25) is 0 Å². The minimum absolute atomic E-state index is 0.260. The van der Waals surface area contributed by atoms with Crippen LogP contribution in [0.25, 0.3) is 0 Å². The van der Waals surface area contributed by atoms with Gasteiger partial charge in [-0.2, -0.15) is 0 Å². The maximum Gasteiger partial charge on any atom is 0.296 e. The highest BCUT2D eigenvalue weighted by Gasteiger charge is 2.24. The summed E-state index contributed by atoms with van der Waals surface area (Å²) in [6.07, 6.45) is 0.260. The van der Waals surface area contributed by atoms with Crippen molar-refractivity contribution < 1.29 is 18.5 Å². The van der Waals surface area contributed by atoms with Crippen LogP contribution >= 0.6 is 0 Å². The van der Waals surface area contributed by atoms with Crippen LogP contribution in [-0.4, -0.2) is 16.9 Å². The summed E-state index contributed by atoms with van der Waals surface area (Å²) in [5, 5.41) is 12.6. The second kappa shape index (κ2) is 5.50. The largest absolute Gasteiger partial charge is 0.320 e. The molecular weight excluding hydrogens is 248 g/mol. The Labute approximate surface area is 101 Å². The van der Waals surface area contributed by atoms with Gasteiger partial charge in [0.25, 0.3) is 5.69 Å². The molecule has 0 radical (unpaired) electrons. The molecule has 18 heavy (non-hydrogen) atoms. The number of nitrogens with one attached hydrogen (secondary N) is 1. The molecule has 0 aromatic heterocycles. The number of halogens is 2. The Hall–Kier alpha value is -2.09. The second-order valence-electron chi connectivity index (χ2n) is 3.52. The van der Waals surface area contributed by atoms with Crippen molar-refractivity contribution in [1.82, 2.24) is 0 Å². The van der Waals surface area contributed by atoms with Gasteiger partial charge >= 0.3 is 0 Å². The number of amides is 1. The Morgan fingerprint density at radius 2 is 2.17 bits per heavy atom. The van der Waals surface area contributed by atoms with Gasteiger partial charge in [0.05, 0.1) is 11.0 Å². The summed E-state index contributed by atoms with van der Waals surface area (Å²) in [4.78, 5) is 21.2. The summed E-state index contributed by atoms with van der Waals surface area (Å²) in [5.41, 5.74) is 3.84. The molecule has 0 spiro atoms. The van der Waals surface area contributed by atoms with E-state index in [4.69, 9.17) is 5.73 Å². The SMILES string of the molecule is CC[C@H](N)C(=O)Nc1c([N+](=O)[O-])ccc(F)c1F. The normalized spacial score (nSPS) is 12.0. The van der Waals surface area contributed by atoms with Crippen molar-refractivity contribution in [2.45, 2.75) is 19.4 Å². The summed E-state index contributed by atoms with van der Waals surface area (Å²) >= 11 is 0. The second-order valence-corrected chi connectivity index (χ2v) is 3.52. The molecule has 0 aliphatic carbocycles. The Balaban J connectivity index is 3.17. The van der Waals surface area contributed by atoms with E-state index < -0.39 is 39.9 Å². The number of benzene rings is 1. The zero-order valence-corrected chi connectivity index (χ0v) is 9.44. The van der Waals surface area contributed by atoms with Crippen LogP contribution in [0.5, 0.6) is 0 Å². The lowest BCUT2D eigenvalue weighted by Crippen LogP contribution is -2.35. The molecule has 8 heteroatoms. The first kappa shape index (κ1) is 14.0. The zero-order chi connectivity index (χ0) is 13.9. The van der Waals surface area contributed by atoms with Gasteiger partial charge in [-0.3, -0.25) is 14.9 Å². The van der Waals surface area contributed by atoms with Crippen LogP contribution in [0.15, 0.2) is 12.1 Å². The molecule has 0 saturated heterocycles. The summed E-state index contributed by atoms with van der Waals surface area (Å²) in [6, 6.07) is 0.432. The fraction of sp³-hybridized carbons (Fsp3) is 0.300. The average molecular weight is 259 g/mol. The third kappa shape index (κ3) is 2.77. The lowest BCUT2D eigenvalue weighted by molar-refractivity contribution is -0.384. The minimum atomic E-state index is -1.49. The van der Waals surface area contributed by atoms with Crippen molar-refractivity contribution in [2.75, 3.05) is 5.32 Å². The molecular formula is C10H11F2N3O3. The standard InChI is InChI=1S/C10H11F2N3O3/c1-2-6(13)10(16)14-9-7(15(17)18)4-3-5(11)8(9)12/h3-4,6H,2,13H2,1H3,(H,14,16)/t6-/m0/s1. The molecule has 98 valence electrons. The van der Waals surface area contributed by atoms with Crippen LogP contribution < -0.4 is 11.1 Å². The van der Waals surface area contributed by atoms with E-state index in [9.17, 15) is 23.7 Å². The summed E-state index contributed by atoms with van der Waals surface area (Å²) in [5.74, 6) is -3.59. The first-order valence-electron chi connectivity index (χ1n) is 5.07. The summed E-state index contributed by atoms with van der Waals surface area (Å²) < 4.78 is 26.4. The van der Waals surface area contributed by atoms with Gasteiger partial charge in [-0.15, -0.1) is 0 Å². The third-order valence-corrected chi connectivity index (χ3v) is 2.29. The fourth-order valence-corrected chi connectivity index (χ4v) is 1.21. The molecule has 6 nitrogen and oxygen atoms in total. The highest BCUT2D eigenvalue weighted by molar-refractivity contribution is 5.96. The van der Waals surface area contributed by atoms with E-state index in [1.807, 2.05) is 5.32 Å². The summed E-state index contributed by atoms with van der Waals surface area (Å²) in [6.45, 7) is 1.61. The Kier molecular flexibility index (Phi) is 4.27. The summed E-state index contributed by atoms with van der Waals surface area (Å²) in [7, 11) is 0. The fourth-order valence-electron chi connectivity index (χ4n) is 1.21.